The molecule has 1 aromatic carbocycles. The molecule has 2 nitrogen and oxygen atoms in total. The minimum absolute atomic E-state index is 0.0519. The number of hydrogen-bond acceptors (Lipinski definition) is 1. The summed E-state index contributed by atoms with van der Waals surface area (Å²) in [6.07, 6.45) is 1.22. The molecule has 18 heavy (non-hydrogen) atoms. The predicted molar refractivity (Wildman–Crippen MR) is 73.0 cm³/mol. The smallest absolute Gasteiger partial charge is 0.303 e. The Morgan fingerprint density at radius 2 is 2.11 bits per heavy atom. The van der Waals surface area contributed by atoms with E-state index in [-0.39, 0.29) is 17.8 Å². The quantitative estimate of drug-likeness (QED) is 0.876. The Hall–Kier alpha value is -1.31. The standard InChI is InChI=1S/C16H22O2/c1-10(2)11-5-6-12-9-16(3,4)14(8-15(17)18)13(12)7-11/h5-7,10,14H,8-9H2,1-4H3,(H,17,18). The minimum atomic E-state index is -0.698. The lowest BCUT2D eigenvalue weighted by Gasteiger charge is -2.26. The Morgan fingerprint density at radius 3 is 2.67 bits per heavy atom. The lowest BCUT2D eigenvalue weighted by atomic mass is 9.77. The van der Waals surface area contributed by atoms with Crippen LogP contribution < -0.4 is 0 Å². The van der Waals surface area contributed by atoms with Crippen LogP contribution in [0.3, 0.4) is 0 Å². The third-order valence-electron chi connectivity index (χ3n) is 4.18. The molecule has 0 radical (unpaired) electrons. The van der Waals surface area contributed by atoms with Crippen LogP contribution in [-0.2, 0) is 11.2 Å². The van der Waals surface area contributed by atoms with E-state index in [0.717, 1.165) is 6.42 Å². The fraction of sp³-hybridized carbons (Fsp3) is 0.562. The van der Waals surface area contributed by atoms with Crippen molar-refractivity contribution in [2.75, 3.05) is 0 Å². The monoisotopic (exact) mass is 246 g/mol. The van der Waals surface area contributed by atoms with Gasteiger partial charge in [-0.15, -0.1) is 0 Å². The van der Waals surface area contributed by atoms with Crippen molar-refractivity contribution < 1.29 is 9.90 Å². The second kappa shape index (κ2) is 4.42. The molecule has 0 bridgehead atoms. The highest BCUT2D eigenvalue weighted by molar-refractivity contribution is 5.69. The summed E-state index contributed by atoms with van der Waals surface area (Å²) in [4.78, 5) is 11.1. The molecule has 1 aliphatic rings. The summed E-state index contributed by atoms with van der Waals surface area (Å²) in [6.45, 7) is 8.70. The van der Waals surface area contributed by atoms with Crippen molar-refractivity contribution in [3.8, 4) is 0 Å². The summed E-state index contributed by atoms with van der Waals surface area (Å²) >= 11 is 0. The molecule has 0 spiro atoms. The molecule has 2 heteroatoms. The zero-order chi connectivity index (χ0) is 13.5. The highest BCUT2D eigenvalue weighted by Gasteiger charge is 2.39. The Morgan fingerprint density at radius 1 is 1.44 bits per heavy atom. The number of fused-ring (bicyclic) bond motifs is 1. The lowest BCUT2D eigenvalue weighted by molar-refractivity contribution is -0.138. The van der Waals surface area contributed by atoms with Gasteiger partial charge in [-0.2, -0.15) is 0 Å². The van der Waals surface area contributed by atoms with Crippen LogP contribution in [0.15, 0.2) is 18.2 Å². The molecule has 0 aromatic heterocycles. The van der Waals surface area contributed by atoms with Crippen LogP contribution >= 0.6 is 0 Å². The van der Waals surface area contributed by atoms with Gasteiger partial charge in [-0.1, -0.05) is 45.9 Å². The average molecular weight is 246 g/mol. The van der Waals surface area contributed by atoms with Gasteiger partial charge in [0.15, 0.2) is 0 Å². The summed E-state index contributed by atoms with van der Waals surface area (Å²) in [6, 6.07) is 6.60. The normalized spacial score (nSPS) is 21.1. The molecule has 1 atom stereocenters. The maximum absolute atomic E-state index is 11.1. The number of carboxylic acid groups (broad SMARTS) is 1. The fourth-order valence-corrected chi connectivity index (χ4v) is 3.05. The molecule has 1 aliphatic carbocycles. The molecule has 1 N–H and O–H groups in total. The average Bonchev–Trinajstić information content (AvgIpc) is 2.49. The molecular weight excluding hydrogens is 224 g/mol. The van der Waals surface area contributed by atoms with Crippen LogP contribution in [-0.4, -0.2) is 11.1 Å². The molecule has 1 aromatic rings. The molecule has 1 unspecified atom stereocenters. The summed E-state index contributed by atoms with van der Waals surface area (Å²) in [5.41, 5.74) is 3.95. The topological polar surface area (TPSA) is 37.3 Å². The summed E-state index contributed by atoms with van der Waals surface area (Å²) < 4.78 is 0. The minimum Gasteiger partial charge on any atom is -0.481 e. The van der Waals surface area contributed by atoms with Gasteiger partial charge in [0.2, 0.25) is 0 Å². The van der Waals surface area contributed by atoms with Gasteiger partial charge < -0.3 is 5.11 Å². The Balaban J connectivity index is 2.43. The van der Waals surface area contributed by atoms with Crippen molar-refractivity contribution in [2.24, 2.45) is 5.41 Å². The first-order valence-corrected chi connectivity index (χ1v) is 6.66. The van der Waals surface area contributed by atoms with Crippen LogP contribution in [0.4, 0.5) is 0 Å². The molecule has 2 rings (SSSR count). The number of benzene rings is 1. The zero-order valence-corrected chi connectivity index (χ0v) is 11.7. The van der Waals surface area contributed by atoms with Crippen LogP contribution in [0.25, 0.3) is 0 Å². The number of aliphatic carboxylic acids is 1. The third kappa shape index (κ3) is 2.29. The largest absolute Gasteiger partial charge is 0.481 e. The van der Waals surface area contributed by atoms with Gasteiger partial charge in [0.25, 0.3) is 0 Å². The predicted octanol–water partition coefficient (Wildman–Crippen LogP) is 3.95. The van der Waals surface area contributed by atoms with E-state index in [9.17, 15) is 4.79 Å². The van der Waals surface area contributed by atoms with E-state index in [1.165, 1.54) is 16.7 Å². The van der Waals surface area contributed by atoms with Crippen molar-refractivity contribution in [1.29, 1.82) is 0 Å². The van der Waals surface area contributed by atoms with Crippen LogP contribution in [0, 0.1) is 5.41 Å². The second-order valence-corrected chi connectivity index (χ2v) is 6.43. The van der Waals surface area contributed by atoms with E-state index < -0.39 is 5.97 Å². The number of rotatable bonds is 3. The maximum atomic E-state index is 11.1. The third-order valence-corrected chi connectivity index (χ3v) is 4.18. The lowest BCUT2D eigenvalue weighted by Crippen LogP contribution is -2.20. The second-order valence-electron chi connectivity index (χ2n) is 6.43. The van der Waals surface area contributed by atoms with Crippen LogP contribution in [0.2, 0.25) is 0 Å². The van der Waals surface area contributed by atoms with Gasteiger partial charge in [0.1, 0.15) is 0 Å². The highest BCUT2D eigenvalue weighted by Crippen LogP contribution is 2.49. The number of hydrogen-bond donors (Lipinski definition) is 1. The fourth-order valence-electron chi connectivity index (χ4n) is 3.05. The van der Waals surface area contributed by atoms with Gasteiger partial charge >= 0.3 is 5.97 Å². The molecule has 0 fully saturated rings. The zero-order valence-electron chi connectivity index (χ0n) is 11.7. The molecular formula is C16H22O2. The van der Waals surface area contributed by atoms with Gasteiger partial charge in [0, 0.05) is 5.92 Å². The first kappa shape index (κ1) is 13.1. The molecule has 0 saturated carbocycles. The van der Waals surface area contributed by atoms with E-state index in [0.29, 0.717) is 5.92 Å². The molecule has 0 saturated heterocycles. The summed E-state index contributed by atoms with van der Waals surface area (Å²) in [7, 11) is 0. The van der Waals surface area contributed by atoms with Gasteiger partial charge in [-0.3, -0.25) is 4.79 Å². The van der Waals surface area contributed by atoms with E-state index >= 15 is 0 Å². The Labute approximate surface area is 109 Å². The van der Waals surface area contributed by atoms with Gasteiger partial charge in [-0.25, -0.2) is 0 Å². The van der Waals surface area contributed by atoms with Crippen molar-refractivity contribution in [3.63, 3.8) is 0 Å². The first-order chi connectivity index (χ1) is 8.31. The van der Waals surface area contributed by atoms with E-state index in [4.69, 9.17) is 5.11 Å². The van der Waals surface area contributed by atoms with E-state index in [1.54, 1.807) is 0 Å². The first-order valence-electron chi connectivity index (χ1n) is 6.66. The molecule has 0 aliphatic heterocycles. The van der Waals surface area contributed by atoms with Crippen molar-refractivity contribution in [1.82, 2.24) is 0 Å². The van der Waals surface area contributed by atoms with E-state index in [2.05, 4.69) is 45.9 Å². The Bertz CT molecular complexity index is 472. The molecule has 0 amide bonds. The van der Waals surface area contributed by atoms with Crippen molar-refractivity contribution >= 4 is 5.97 Å². The number of carbonyl (C=O) groups is 1. The molecule has 0 heterocycles. The van der Waals surface area contributed by atoms with Crippen LogP contribution in [0.1, 0.15) is 62.6 Å². The number of carboxylic acids is 1. The van der Waals surface area contributed by atoms with Crippen molar-refractivity contribution in [3.05, 3.63) is 34.9 Å². The maximum Gasteiger partial charge on any atom is 0.303 e. The highest BCUT2D eigenvalue weighted by atomic mass is 16.4. The van der Waals surface area contributed by atoms with Gasteiger partial charge in [0.05, 0.1) is 6.42 Å². The summed E-state index contributed by atoms with van der Waals surface area (Å²) in [5.74, 6) is -0.0657. The van der Waals surface area contributed by atoms with Crippen molar-refractivity contribution in [2.45, 2.75) is 52.4 Å². The van der Waals surface area contributed by atoms with E-state index in [1.807, 2.05) is 0 Å². The SMILES string of the molecule is CC(C)c1ccc2c(c1)C(CC(=O)O)C(C)(C)C2. The van der Waals surface area contributed by atoms with Gasteiger partial charge in [-0.05, 0) is 34.4 Å². The summed E-state index contributed by atoms with van der Waals surface area (Å²) in [5, 5.41) is 9.11. The Kier molecular flexibility index (Phi) is 3.22. The van der Waals surface area contributed by atoms with Crippen LogP contribution in [0.5, 0.6) is 0 Å². The molecule has 98 valence electrons.